The Bertz CT molecular complexity index is 1180. The van der Waals surface area contributed by atoms with Crippen molar-refractivity contribution in [1.29, 1.82) is 0 Å². The molecule has 3 aromatic rings. The van der Waals surface area contributed by atoms with Gasteiger partial charge in [-0.15, -0.1) is 10.2 Å². The van der Waals surface area contributed by atoms with E-state index in [9.17, 15) is 19.7 Å². The zero-order valence-corrected chi connectivity index (χ0v) is 19.2. The fraction of sp³-hybridized carbons (Fsp3) is 0.273. The van der Waals surface area contributed by atoms with Crippen LogP contribution in [0.25, 0.3) is 0 Å². The van der Waals surface area contributed by atoms with Crippen LogP contribution in [0.3, 0.4) is 0 Å². The van der Waals surface area contributed by atoms with Crippen LogP contribution in [0.1, 0.15) is 42.1 Å². The lowest BCUT2D eigenvalue weighted by Gasteiger charge is -2.15. The normalized spacial score (nSPS) is 11.6. The predicted octanol–water partition coefficient (Wildman–Crippen LogP) is 4.18. The molecule has 0 aliphatic carbocycles. The first kappa shape index (κ1) is 23.9. The number of nitro benzene ring substituents is 1. The number of ether oxygens (including phenoxy) is 1. The van der Waals surface area contributed by atoms with Crippen molar-refractivity contribution >= 4 is 35.0 Å². The Morgan fingerprint density at radius 1 is 1.27 bits per heavy atom. The van der Waals surface area contributed by atoms with E-state index in [1.165, 1.54) is 18.5 Å². The van der Waals surface area contributed by atoms with Gasteiger partial charge in [-0.1, -0.05) is 32.0 Å². The third-order valence-corrected chi connectivity index (χ3v) is 6.09. The van der Waals surface area contributed by atoms with Gasteiger partial charge in [0.25, 0.3) is 11.6 Å². The number of para-hydroxylation sites is 1. The fourth-order valence-electron chi connectivity index (χ4n) is 3.00. The van der Waals surface area contributed by atoms with E-state index >= 15 is 0 Å². The number of benzene rings is 2. The van der Waals surface area contributed by atoms with E-state index < -0.39 is 23.4 Å². The molecule has 33 heavy (non-hydrogen) atoms. The molecule has 0 spiro atoms. The van der Waals surface area contributed by atoms with Crippen LogP contribution in [0.5, 0.6) is 0 Å². The van der Waals surface area contributed by atoms with Crippen molar-refractivity contribution in [2.45, 2.75) is 36.2 Å². The number of hydrogen-bond acceptors (Lipinski definition) is 8. The Kier molecular flexibility index (Phi) is 7.78. The fourth-order valence-corrected chi connectivity index (χ4v) is 3.85. The zero-order valence-electron chi connectivity index (χ0n) is 18.3. The van der Waals surface area contributed by atoms with Gasteiger partial charge >= 0.3 is 5.97 Å². The van der Waals surface area contributed by atoms with Crippen LogP contribution in [0, 0.1) is 10.1 Å². The first-order chi connectivity index (χ1) is 15.8. The molecule has 1 heterocycles. The molecule has 1 aromatic heterocycles. The number of aryl methyl sites for hydroxylation is 1. The Hall–Kier alpha value is -3.73. The maximum Gasteiger partial charge on any atom is 0.338 e. The van der Waals surface area contributed by atoms with Crippen LogP contribution >= 0.6 is 11.8 Å². The average molecular weight is 470 g/mol. The van der Waals surface area contributed by atoms with Crippen LogP contribution in [-0.2, 0) is 16.6 Å². The van der Waals surface area contributed by atoms with E-state index in [2.05, 4.69) is 29.4 Å². The van der Waals surface area contributed by atoms with E-state index in [0.29, 0.717) is 15.7 Å². The quantitative estimate of drug-likeness (QED) is 0.281. The number of amides is 1. The molecule has 0 unspecified atom stereocenters. The predicted molar refractivity (Wildman–Crippen MR) is 122 cm³/mol. The summed E-state index contributed by atoms with van der Waals surface area (Å²) in [7, 11) is 1.71. The number of nitrogens with zero attached hydrogens (tertiary/aromatic N) is 4. The maximum absolute atomic E-state index is 12.4. The van der Waals surface area contributed by atoms with Gasteiger partial charge in [0.2, 0.25) is 0 Å². The van der Waals surface area contributed by atoms with Crippen molar-refractivity contribution in [3.8, 4) is 0 Å². The van der Waals surface area contributed by atoms with Gasteiger partial charge in [-0.2, -0.15) is 0 Å². The van der Waals surface area contributed by atoms with Crippen LogP contribution in [0.4, 0.5) is 11.4 Å². The van der Waals surface area contributed by atoms with Crippen LogP contribution in [-0.4, -0.2) is 38.2 Å². The number of carbonyl (C=O) groups is 2. The first-order valence-electron chi connectivity index (χ1n) is 10.2. The number of hydrogen-bond donors (Lipinski definition) is 1. The number of nitrogens with one attached hydrogen (secondary N) is 1. The van der Waals surface area contributed by atoms with E-state index in [4.69, 9.17) is 4.74 Å². The van der Waals surface area contributed by atoms with Crippen molar-refractivity contribution in [3.63, 3.8) is 0 Å². The second-order valence-electron chi connectivity index (χ2n) is 7.29. The summed E-state index contributed by atoms with van der Waals surface area (Å²) < 4.78 is 6.70. The minimum absolute atomic E-state index is 0.0307. The van der Waals surface area contributed by atoms with Gasteiger partial charge in [-0.05, 0) is 47.9 Å². The van der Waals surface area contributed by atoms with Gasteiger partial charge in [-0.25, -0.2) is 4.79 Å². The number of anilines is 1. The molecule has 0 saturated carbocycles. The van der Waals surface area contributed by atoms with Gasteiger partial charge in [-0.3, -0.25) is 14.9 Å². The van der Waals surface area contributed by atoms with Crippen molar-refractivity contribution in [3.05, 3.63) is 70.0 Å². The van der Waals surface area contributed by atoms with Gasteiger partial charge in [0, 0.05) is 18.8 Å². The van der Waals surface area contributed by atoms with Crippen LogP contribution in [0.2, 0.25) is 0 Å². The summed E-state index contributed by atoms with van der Waals surface area (Å²) in [6, 6.07) is 11.4. The summed E-state index contributed by atoms with van der Waals surface area (Å²) in [4.78, 5) is 36.0. The van der Waals surface area contributed by atoms with Crippen molar-refractivity contribution < 1.29 is 19.2 Å². The maximum atomic E-state index is 12.4. The third-order valence-electron chi connectivity index (χ3n) is 4.97. The van der Waals surface area contributed by atoms with Gasteiger partial charge in [0.1, 0.15) is 6.33 Å². The highest BCUT2D eigenvalue weighted by molar-refractivity contribution is 7.99. The van der Waals surface area contributed by atoms with Crippen molar-refractivity contribution in [2.24, 2.45) is 7.05 Å². The molecule has 1 atom stereocenters. The highest BCUT2D eigenvalue weighted by Gasteiger charge is 2.21. The Morgan fingerprint density at radius 3 is 2.70 bits per heavy atom. The Labute approximate surface area is 194 Å². The van der Waals surface area contributed by atoms with Gasteiger partial charge in [0.15, 0.2) is 11.8 Å². The summed E-state index contributed by atoms with van der Waals surface area (Å²) in [5.41, 5.74) is 1.35. The molecule has 0 bridgehead atoms. The standard InChI is InChI=1S/C22H23N5O5S/c1-4-14(2)16-7-5-6-8-17(16)24-20(28)12-32-21(29)15-9-10-19(18(11-15)27(30)31)33-22-25-23-13-26(22)3/h5-11,13-14H,4,12H2,1-3H3,(H,24,28)/t14-/m1/s1. The second-order valence-corrected chi connectivity index (χ2v) is 8.30. The smallest absolute Gasteiger partial charge is 0.338 e. The molecule has 0 aliphatic heterocycles. The average Bonchev–Trinajstić information content (AvgIpc) is 3.21. The minimum Gasteiger partial charge on any atom is -0.452 e. The number of esters is 1. The number of aromatic nitrogens is 3. The molecule has 1 N–H and O–H groups in total. The number of nitro groups is 1. The van der Waals surface area contributed by atoms with Crippen LogP contribution in [0.15, 0.2) is 58.8 Å². The second kappa shape index (κ2) is 10.7. The van der Waals surface area contributed by atoms with E-state index in [1.54, 1.807) is 17.7 Å². The Morgan fingerprint density at radius 2 is 2.03 bits per heavy atom. The number of rotatable bonds is 9. The van der Waals surface area contributed by atoms with Gasteiger partial charge in [0.05, 0.1) is 15.4 Å². The molecule has 172 valence electrons. The van der Waals surface area contributed by atoms with E-state index in [1.807, 2.05) is 18.2 Å². The largest absolute Gasteiger partial charge is 0.452 e. The van der Waals surface area contributed by atoms with E-state index in [-0.39, 0.29) is 17.2 Å². The van der Waals surface area contributed by atoms with E-state index in [0.717, 1.165) is 29.8 Å². The minimum atomic E-state index is -0.835. The molecule has 11 heteroatoms. The highest BCUT2D eigenvalue weighted by atomic mass is 32.2. The van der Waals surface area contributed by atoms with Gasteiger partial charge < -0.3 is 14.6 Å². The Balaban J connectivity index is 1.67. The monoisotopic (exact) mass is 469 g/mol. The van der Waals surface area contributed by atoms with Crippen LogP contribution < -0.4 is 5.32 Å². The molecule has 0 aliphatic rings. The molecular formula is C22H23N5O5S. The molecule has 1 amide bonds. The summed E-state index contributed by atoms with van der Waals surface area (Å²) in [5.74, 6) is -1.08. The highest BCUT2D eigenvalue weighted by Crippen LogP contribution is 2.34. The lowest BCUT2D eigenvalue weighted by atomic mass is 9.97. The summed E-state index contributed by atoms with van der Waals surface area (Å²) in [5, 5.41) is 22.4. The lowest BCUT2D eigenvalue weighted by molar-refractivity contribution is -0.387. The molecule has 0 saturated heterocycles. The molecule has 2 aromatic carbocycles. The topological polar surface area (TPSA) is 129 Å². The molecule has 10 nitrogen and oxygen atoms in total. The third kappa shape index (κ3) is 5.95. The molecule has 0 fully saturated rings. The van der Waals surface area contributed by atoms with Crippen molar-refractivity contribution in [2.75, 3.05) is 11.9 Å². The SMILES string of the molecule is CC[C@@H](C)c1ccccc1NC(=O)COC(=O)c1ccc(Sc2nncn2C)c([N+](=O)[O-])c1. The summed E-state index contributed by atoms with van der Waals surface area (Å²) >= 11 is 1.05. The zero-order chi connectivity index (χ0) is 24.0. The summed E-state index contributed by atoms with van der Waals surface area (Å²) in [6.45, 7) is 3.60. The molecular weight excluding hydrogens is 446 g/mol. The van der Waals surface area contributed by atoms with Crippen molar-refractivity contribution in [1.82, 2.24) is 14.8 Å². The molecule has 3 rings (SSSR count). The number of carbonyl (C=O) groups excluding carboxylic acids is 2. The molecule has 0 radical (unpaired) electrons. The first-order valence-corrected chi connectivity index (χ1v) is 11.0. The lowest BCUT2D eigenvalue weighted by Crippen LogP contribution is -2.21. The summed E-state index contributed by atoms with van der Waals surface area (Å²) in [6.07, 6.45) is 2.39.